The molecule has 1 fully saturated rings. The summed E-state index contributed by atoms with van der Waals surface area (Å²) >= 11 is 0. The fraction of sp³-hybridized carbons (Fsp3) is 1.00. The maximum atomic E-state index is 8.81. The molecular weight excluding hydrogens is 162 g/mol. The van der Waals surface area contributed by atoms with Gasteiger partial charge in [0.05, 0.1) is 0 Å². The van der Waals surface area contributed by atoms with Crippen LogP contribution in [0.4, 0.5) is 0 Å². The Bertz CT molecular complexity index is 119. The predicted octanol–water partition coefficient (Wildman–Crippen LogP) is 1.78. The molecule has 0 unspecified atom stereocenters. The quantitative estimate of drug-likeness (QED) is 0.684. The molecule has 0 aromatic rings. The molecule has 0 spiro atoms. The standard InChI is InChI=1S/C11H23NO/c1-2-12-9-11-5-3-10(4-6-11)7-8-13/h10-13H,2-9H2,1H3. The molecule has 0 amide bonds. The van der Waals surface area contributed by atoms with Crippen molar-refractivity contribution in [2.75, 3.05) is 19.7 Å². The summed E-state index contributed by atoms with van der Waals surface area (Å²) in [6, 6.07) is 0. The van der Waals surface area contributed by atoms with Gasteiger partial charge < -0.3 is 10.4 Å². The van der Waals surface area contributed by atoms with Crippen LogP contribution < -0.4 is 5.32 Å². The number of rotatable bonds is 5. The third kappa shape index (κ3) is 4.10. The average molecular weight is 185 g/mol. The molecule has 0 aromatic heterocycles. The zero-order chi connectivity index (χ0) is 9.52. The van der Waals surface area contributed by atoms with Crippen LogP contribution in [0.3, 0.4) is 0 Å². The first-order chi connectivity index (χ1) is 6.36. The Morgan fingerprint density at radius 2 is 1.77 bits per heavy atom. The predicted molar refractivity (Wildman–Crippen MR) is 55.7 cm³/mol. The third-order valence-corrected chi connectivity index (χ3v) is 3.19. The SMILES string of the molecule is CCNCC1CCC(CCO)CC1. The Labute approximate surface area is 81.7 Å². The van der Waals surface area contributed by atoms with Crippen molar-refractivity contribution in [3.63, 3.8) is 0 Å². The summed E-state index contributed by atoms with van der Waals surface area (Å²) in [5.74, 6) is 1.71. The molecule has 2 heteroatoms. The second-order valence-corrected chi connectivity index (χ2v) is 4.21. The van der Waals surface area contributed by atoms with Crippen molar-refractivity contribution in [2.24, 2.45) is 11.8 Å². The highest BCUT2D eigenvalue weighted by atomic mass is 16.3. The van der Waals surface area contributed by atoms with Crippen LogP contribution in [0.1, 0.15) is 39.0 Å². The minimum absolute atomic E-state index is 0.378. The second-order valence-electron chi connectivity index (χ2n) is 4.21. The van der Waals surface area contributed by atoms with Crippen LogP contribution >= 0.6 is 0 Å². The van der Waals surface area contributed by atoms with Crippen LogP contribution in [0.2, 0.25) is 0 Å². The van der Waals surface area contributed by atoms with Gasteiger partial charge >= 0.3 is 0 Å². The van der Waals surface area contributed by atoms with Crippen LogP contribution in [0.15, 0.2) is 0 Å². The molecule has 0 radical (unpaired) electrons. The summed E-state index contributed by atoms with van der Waals surface area (Å²) in [5.41, 5.74) is 0. The molecule has 1 saturated carbocycles. The summed E-state index contributed by atoms with van der Waals surface area (Å²) in [5, 5.41) is 12.2. The van der Waals surface area contributed by atoms with Gasteiger partial charge in [0.15, 0.2) is 0 Å². The lowest BCUT2D eigenvalue weighted by Gasteiger charge is -2.28. The lowest BCUT2D eigenvalue weighted by atomic mass is 9.80. The smallest absolute Gasteiger partial charge is 0.0433 e. The molecule has 78 valence electrons. The van der Waals surface area contributed by atoms with Crippen LogP contribution in [-0.2, 0) is 0 Å². The second kappa shape index (κ2) is 6.39. The molecule has 0 atom stereocenters. The van der Waals surface area contributed by atoms with E-state index in [2.05, 4.69) is 12.2 Å². The Kier molecular flexibility index (Phi) is 5.40. The summed E-state index contributed by atoms with van der Waals surface area (Å²) in [7, 11) is 0. The number of aliphatic hydroxyl groups excluding tert-OH is 1. The van der Waals surface area contributed by atoms with Crippen LogP contribution in [-0.4, -0.2) is 24.8 Å². The Hall–Kier alpha value is -0.0800. The lowest BCUT2D eigenvalue weighted by molar-refractivity contribution is 0.204. The molecule has 13 heavy (non-hydrogen) atoms. The van der Waals surface area contributed by atoms with Gasteiger partial charge in [-0.15, -0.1) is 0 Å². The van der Waals surface area contributed by atoms with Crippen molar-refractivity contribution in [3.05, 3.63) is 0 Å². The van der Waals surface area contributed by atoms with Crippen molar-refractivity contribution < 1.29 is 5.11 Å². The van der Waals surface area contributed by atoms with Crippen LogP contribution in [0, 0.1) is 11.8 Å². The van der Waals surface area contributed by atoms with Crippen molar-refractivity contribution in [2.45, 2.75) is 39.0 Å². The lowest BCUT2D eigenvalue weighted by Crippen LogP contribution is -2.26. The number of aliphatic hydroxyl groups is 1. The van der Waals surface area contributed by atoms with Crippen molar-refractivity contribution >= 4 is 0 Å². The summed E-state index contributed by atoms with van der Waals surface area (Å²) in [4.78, 5) is 0. The van der Waals surface area contributed by atoms with E-state index in [1.165, 1.54) is 32.2 Å². The first kappa shape index (κ1) is 11.0. The van der Waals surface area contributed by atoms with Gasteiger partial charge in [-0.3, -0.25) is 0 Å². The molecule has 2 nitrogen and oxygen atoms in total. The van der Waals surface area contributed by atoms with E-state index < -0.39 is 0 Å². The van der Waals surface area contributed by atoms with Crippen LogP contribution in [0.5, 0.6) is 0 Å². The Morgan fingerprint density at radius 1 is 1.15 bits per heavy atom. The van der Waals surface area contributed by atoms with Gasteiger partial charge in [0.25, 0.3) is 0 Å². The molecule has 0 aromatic carbocycles. The van der Waals surface area contributed by atoms with Gasteiger partial charge in [0.1, 0.15) is 0 Å². The summed E-state index contributed by atoms with van der Waals surface area (Å²) in [6.45, 7) is 4.83. The normalized spacial score (nSPS) is 29.1. The van der Waals surface area contributed by atoms with Crippen molar-refractivity contribution in [1.82, 2.24) is 5.32 Å². The zero-order valence-corrected chi connectivity index (χ0v) is 8.76. The fourth-order valence-electron chi connectivity index (χ4n) is 2.26. The van der Waals surface area contributed by atoms with Gasteiger partial charge in [-0.25, -0.2) is 0 Å². The van der Waals surface area contributed by atoms with Gasteiger partial charge in [-0.1, -0.05) is 19.8 Å². The van der Waals surface area contributed by atoms with E-state index in [4.69, 9.17) is 5.11 Å². The topological polar surface area (TPSA) is 32.3 Å². The van der Waals surface area contributed by atoms with E-state index in [1.54, 1.807) is 0 Å². The number of hydrogen-bond acceptors (Lipinski definition) is 2. The Morgan fingerprint density at radius 3 is 2.31 bits per heavy atom. The average Bonchev–Trinajstić information content (AvgIpc) is 2.17. The van der Waals surface area contributed by atoms with Gasteiger partial charge in [0.2, 0.25) is 0 Å². The van der Waals surface area contributed by atoms with E-state index >= 15 is 0 Å². The summed E-state index contributed by atoms with van der Waals surface area (Å²) in [6.07, 6.45) is 6.40. The van der Waals surface area contributed by atoms with E-state index in [0.29, 0.717) is 6.61 Å². The number of hydrogen-bond donors (Lipinski definition) is 2. The molecule has 0 heterocycles. The highest BCUT2D eigenvalue weighted by Gasteiger charge is 2.19. The summed E-state index contributed by atoms with van der Waals surface area (Å²) < 4.78 is 0. The maximum Gasteiger partial charge on any atom is 0.0433 e. The fourth-order valence-corrected chi connectivity index (χ4v) is 2.26. The van der Waals surface area contributed by atoms with E-state index in [0.717, 1.165) is 24.8 Å². The van der Waals surface area contributed by atoms with E-state index in [9.17, 15) is 0 Å². The largest absolute Gasteiger partial charge is 0.396 e. The third-order valence-electron chi connectivity index (χ3n) is 3.19. The molecule has 1 rings (SSSR count). The maximum absolute atomic E-state index is 8.81. The Balaban J connectivity index is 2.08. The van der Waals surface area contributed by atoms with Gasteiger partial charge in [-0.2, -0.15) is 0 Å². The minimum atomic E-state index is 0.378. The first-order valence-corrected chi connectivity index (χ1v) is 5.68. The molecule has 0 aliphatic heterocycles. The monoisotopic (exact) mass is 185 g/mol. The molecule has 0 saturated heterocycles. The van der Waals surface area contributed by atoms with Crippen LogP contribution in [0.25, 0.3) is 0 Å². The van der Waals surface area contributed by atoms with Gasteiger partial charge in [-0.05, 0) is 44.2 Å². The minimum Gasteiger partial charge on any atom is -0.396 e. The van der Waals surface area contributed by atoms with Crippen molar-refractivity contribution in [1.29, 1.82) is 0 Å². The number of nitrogens with one attached hydrogen (secondary N) is 1. The first-order valence-electron chi connectivity index (χ1n) is 5.68. The van der Waals surface area contributed by atoms with E-state index in [1.807, 2.05) is 0 Å². The van der Waals surface area contributed by atoms with Crippen molar-refractivity contribution in [3.8, 4) is 0 Å². The van der Waals surface area contributed by atoms with Gasteiger partial charge in [0, 0.05) is 6.61 Å². The molecule has 2 N–H and O–H groups in total. The van der Waals surface area contributed by atoms with E-state index in [-0.39, 0.29) is 0 Å². The highest BCUT2D eigenvalue weighted by Crippen LogP contribution is 2.29. The molecule has 1 aliphatic carbocycles. The zero-order valence-electron chi connectivity index (χ0n) is 8.76. The molecular formula is C11H23NO. The molecule has 1 aliphatic rings. The molecule has 0 bridgehead atoms. The highest BCUT2D eigenvalue weighted by molar-refractivity contribution is 4.73.